The first-order valence-corrected chi connectivity index (χ1v) is 9.60. The molecule has 7 nitrogen and oxygen atoms in total. The molecule has 30 heavy (non-hydrogen) atoms. The van der Waals surface area contributed by atoms with Crippen molar-refractivity contribution in [2.24, 2.45) is 5.73 Å². The Morgan fingerprint density at radius 1 is 1.00 bits per heavy atom. The Morgan fingerprint density at radius 2 is 1.80 bits per heavy atom. The quantitative estimate of drug-likeness (QED) is 0.500. The molecule has 0 saturated heterocycles. The van der Waals surface area contributed by atoms with Crippen LogP contribution >= 0.6 is 0 Å². The van der Waals surface area contributed by atoms with E-state index in [9.17, 15) is 9.59 Å². The van der Waals surface area contributed by atoms with Crippen molar-refractivity contribution in [3.63, 3.8) is 0 Å². The van der Waals surface area contributed by atoms with Crippen molar-refractivity contribution in [3.05, 3.63) is 78.1 Å². The summed E-state index contributed by atoms with van der Waals surface area (Å²) >= 11 is 0. The van der Waals surface area contributed by atoms with Gasteiger partial charge < -0.3 is 21.1 Å². The van der Waals surface area contributed by atoms with Crippen molar-refractivity contribution in [1.29, 1.82) is 0 Å². The number of amides is 2. The van der Waals surface area contributed by atoms with Gasteiger partial charge in [0.15, 0.2) is 0 Å². The number of carbonyl (C=O) groups is 2. The molecule has 1 heterocycles. The van der Waals surface area contributed by atoms with Crippen LogP contribution < -0.4 is 21.1 Å². The monoisotopic (exact) mass is 404 g/mol. The van der Waals surface area contributed by atoms with Crippen LogP contribution in [0.3, 0.4) is 0 Å². The van der Waals surface area contributed by atoms with Crippen LogP contribution in [-0.4, -0.2) is 37.0 Å². The third-order valence-electron chi connectivity index (χ3n) is 4.48. The summed E-state index contributed by atoms with van der Waals surface area (Å²) in [5.74, 6) is -0.185. The number of carbonyl (C=O) groups excluding carboxylic acids is 2. The number of pyridine rings is 1. The van der Waals surface area contributed by atoms with E-state index in [4.69, 9.17) is 10.5 Å². The Labute approximate surface area is 175 Å². The number of ether oxygens (including phenoxy) is 1. The van der Waals surface area contributed by atoms with Crippen molar-refractivity contribution in [2.75, 3.05) is 25.5 Å². The number of hydrogen-bond acceptors (Lipinski definition) is 5. The van der Waals surface area contributed by atoms with Crippen LogP contribution in [0, 0.1) is 0 Å². The van der Waals surface area contributed by atoms with Crippen LogP contribution in [0.15, 0.2) is 67.0 Å². The maximum absolute atomic E-state index is 12.7. The highest BCUT2D eigenvalue weighted by molar-refractivity contribution is 6.06. The van der Waals surface area contributed by atoms with Gasteiger partial charge in [-0.25, -0.2) is 0 Å². The largest absolute Gasteiger partial charge is 0.496 e. The van der Waals surface area contributed by atoms with Crippen LogP contribution in [0.1, 0.15) is 27.1 Å². The van der Waals surface area contributed by atoms with Gasteiger partial charge in [0.1, 0.15) is 5.75 Å². The summed E-state index contributed by atoms with van der Waals surface area (Å²) < 4.78 is 5.27. The normalized spacial score (nSPS) is 10.3. The first-order chi connectivity index (χ1) is 14.6. The van der Waals surface area contributed by atoms with E-state index in [2.05, 4.69) is 15.6 Å². The van der Waals surface area contributed by atoms with Crippen LogP contribution in [0.4, 0.5) is 5.69 Å². The van der Waals surface area contributed by atoms with Gasteiger partial charge in [-0.1, -0.05) is 30.3 Å². The second-order valence-corrected chi connectivity index (χ2v) is 6.60. The lowest BCUT2D eigenvalue weighted by molar-refractivity contribution is 0.0949. The summed E-state index contributed by atoms with van der Waals surface area (Å²) in [7, 11) is 1.49. The third kappa shape index (κ3) is 5.21. The number of hydrogen-bond donors (Lipinski definition) is 3. The van der Waals surface area contributed by atoms with E-state index in [-0.39, 0.29) is 11.8 Å². The van der Waals surface area contributed by atoms with E-state index >= 15 is 0 Å². The number of aromatic nitrogens is 1. The van der Waals surface area contributed by atoms with Crippen LogP contribution in [0.5, 0.6) is 5.75 Å². The predicted octanol–water partition coefficient (Wildman–Crippen LogP) is 3.09. The Morgan fingerprint density at radius 3 is 2.53 bits per heavy atom. The van der Waals surface area contributed by atoms with Crippen LogP contribution in [-0.2, 0) is 0 Å². The topological polar surface area (TPSA) is 106 Å². The zero-order valence-corrected chi connectivity index (χ0v) is 16.7. The van der Waals surface area contributed by atoms with Crippen LogP contribution in [0.25, 0.3) is 11.1 Å². The summed E-state index contributed by atoms with van der Waals surface area (Å²) in [6.07, 6.45) is 3.89. The molecule has 0 bridgehead atoms. The van der Waals surface area contributed by atoms with Gasteiger partial charge in [-0.05, 0) is 42.8 Å². The van der Waals surface area contributed by atoms with Crippen molar-refractivity contribution in [2.45, 2.75) is 6.42 Å². The maximum atomic E-state index is 12.7. The molecule has 0 aliphatic carbocycles. The second-order valence-electron chi connectivity index (χ2n) is 6.60. The molecular weight excluding hydrogens is 380 g/mol. The van der Waals surface area contributed by atoms with Gasteiger partial charge in [0.2, 0.25) is 0 Å². The summed E-state index contributed by atoms with van der Waals surface area (Å²) in [5.41, 5.74) is 8.52. The van der Waals surface area contributed by atoms with Gasteiger partial charge in [-0.2, -0.15) is 0 Å². The smallest absolute Gasteiger partial charge is 0.257 e. The molecule has 0 saturated carbocycles. The first kappa shape index (κ1) is 21.0. The van der Waals surface area contributed by atoms with Crippen molar-refractivity contribution in [3.8, 4) is 16.9 Å². The fraction of sp³-hybridized carbons (Fsp3) is 0.174. The van der Waals surface area contributed by atoms with E-state index in [0.29, 0.717) is 42.1 Å². The molecular formula is C23H24N4O3. The van der Waals surface area contributed by atoms with Gasteiger partial charge in [0.25, 0.3) is 11.8 Å². The molecule has 154 valence electrons. The van der Waals surface area contributed by atoms with E-state index < -0.39 is 0 Å². The zero-order valence-electron chi connectivity index (χ0n) is 16.7. The molecule has 3 aromatic rings. The van der Waals surface area contributed by atoms with E-state index in [1.807, 2.05) is 30.3 Å². The number of benzene rings is 2. The lowest BCUT2D eigenvalue weighted by Crippen LogP contribution is -2.26. The van der Waals surface area contributed by atoms with Crippen LogP contribution in [0.2, 0.25) is 0 Å². The number of nitrogens with two attached hydrogens (primary N) is 1. The molecule has 0 radical (unpaired) electrons. The van der Waals surface area contributed by atoms with E-state index in [1.54, 1.807) is 30.5 Å². The first-order valence-electron chi connectivity index (χ1n) is 9.60. The summed E-state index contributed by atoms with van der Waals surface area (Å²) in [6, 6.07) is 16.4. The maximum Gasteiger partial charge on any atom is 0.257 e. The third-order valence-corrected chi connectivity index (χ3v) is 4.48. The number of anilines is 1. The lowest BCUT2D eigenvalue weighted by atomic mass is 10.1. The number of rotatable bonds is 8. The Hall–Kier alpha value is -3.71. The fourth-order valence-corrected chi connectivity index (χ4v) is 2.92. The molecule has 0 atom stereocenters. The summed E-state index contributed by atoms with van der Waals surface area (Å²) in [6.45, 7) is 0.955. The van der Waals surface area contributed by atoms with Gasteiger partial charge in [0.05, 0.1) is 18.2 Å². The van der Waals surface area contributed by atoms with Crippen molar-refractivity contribution < 1.29 is 14.3 Å². The Bertz CT molecular complexity index is 1020. The average molecular weight is 404 g/mol. The standard InChI is InChI=1S/C23H24N4O3/c1-30-21-9-8-19(13-20(21)23(29)26-11-5-10-24)27-22(28)18-12-17(14-25-15-18)16-6-3-2-4-7-16/h2-4,6-9,12-15H,5,10-11,24H2,1H3,(H,26,29)(H,27,28). The van der Waals surface area contributed by atoms with Crippen molar-refractivity contribution >= 4 is 17.5 Å². The number of nitrogens with zero attached hydrogens (tertiary/aromatic N) is 1. The SMILES string of the molecule is COc1ccc(NC(=O)c2cncc(-c3ccccc3)c2)cc1C(=O)NCCCN. The molecule has 3 rings (SSSR count). The summed E-state index contributed by atoms with van der Waals surface area (Å²) in [5, 5.41) is 5.61. The van der Waals surface area contributed by atoms with E-state index in [0.717, 1.165) is 11.1 Å². The van der Waals surface area contributed by atoms with E-state index in [1.165, 1.54) is 13.3 Å². The highest BCUT2D eigenvalue weighted by atomic mass is 16.5. The molecule has 4 N–H and O–H groups in total. The minimum absolute atomic E-state index is 0.288. The molecule has 2 aromatic carbocycles. The fourth-order valence-electron chi connectivity index (χ4n) is 2.92. The highest BCUT2D eigenvalue weighted by Crippen LogP contribution is 2.24. The Kier molecular flexibility index (Phi) is 7.13. The Balaban J connectivity index is 1.78. The van der Waals surface area contributed by atoms with Gasteiger partial charge in [-0.3, -0.25) is 14.6 Å². The second kappa shape index (κ2) is 10.2. The predicted molar refractivity (Wildman–Crippen MR) is 117 cm³/mol. The van der Waals surface area contributed by atoms with Crippen molar-refractivity contribution in [1.82, 2.24) is 10.3 Å². The minimum Gasteiger partial charge on any atom is -0.496 e. The van der Waals surface area contributed by atoms with Gasteiger partial charge in [0, 0.05) is 30.2 Å². The lowest BCUT2D eigenvalue weighted by Gasteiger charge is -2.12. The number of nitrogens with one attached hydrogen (secondary N) is 2. The molecule has 1 aromatic heterocycles. The van der Waals surface area contributed by atoms with Gasteiger partial charge >= 0.3 is 0 Å². The van der Waals surface area contributed by atoms with Gasteiger partial charge in [-0.15, -0.1) is 0 Å². The molecule has 2 amide bonds. The molecule has 0 fully saturated rings. The molecule has 0 aliphatic heterocycles. The molecule has 0 aliphatic rings. The zero-order chi connectivity index (χ0) is 21.3. The summed E-state index contributed by atoms with van der Waals surface area (Å²) in [4.78, 5) is 29.4. The number of methoxy groups -OCH3 is 1. The molecule has 0 spiro atoms. The molecule has 7 heteroatoms. The average Bonchev–Trinajstić information content (AvgIpc) is 2.79. The minimum atomic E-state index is -0.320. The molecule has 0 unspecified atom stereocenters. The highest BCUT2D eigenvalue weighted by Gasteiger charge is 2.15.